The highest BCUT2D eigenvalue weighted by Gasteiger charge is 2.00. The van der Waals surface area contributed by atoms with Crippen LogP contribution in [0.5, 0.6) is 0 Å². The van der Waals surface area contributed by atoms with Gasteiger partial charge in [0, 0.05) is 11.6 Å². The summed E-state index contributed by atoms with van der Waals surface area (Å²) in [4.78, 5) is 4.06. The van der Waals surface area contributed by atoms with E-state index >= 15 is 0 Å². The molecule has 0 aliphatic heterocycles. The number of benzene rings is 1. The van der Waals surface area contributed by atoms with Gasteiger partial charge in [0.2, 0.25) is 0 Å². The van der Waals surface area contributed by atoms with E-state index in [2.05, 4.69) is 31.0 Å². The zero-order valence-electron chi connectivity index (χ0n) is 13.8. The molecule has 0 saturated heterocycles. The maximum atomic E-state index is 5.76. The fourth-order valence-corrected chi connectivity index (χ4v) is 1.47. The molecule has 0 radical (unpaired) electrons. The van der Waals surface area contributed by atoms with Crippen molar-refractivity contribution in [2.24, 2.45) is 0 Å². The van der Waals surface area contributed by atoms with E-state index in [0.29, 0.717) is 5.82 Å². The summed E-state index contributed by atoms with van der Waals surface area (Å²) >= 11 is 0. The molecule has 0 bridgehead atoms. The Hall–Kier alpha value is -1.57. The predicted octanol–water partition coefficient (Wildman–Crippen LogP) is 5.51. The number of aryl methyl sites for hydroxylation is 2. The number of nitrogen functional groups attached to an aromatic ring is 1. The van der Waals surface area contributed by atoms with E-state index < -0.39 is 0 Å². The molecule has 2 N–H and O–H groups in total. The van der Waals surface area contributed by atoms with Crippen molar-refractivity contribution in [3.8, 4) is 0 Å². The van der Waals surface area contributed by atoms with E-state index in [4.69, 9.17) is 5.73 Å². The molecule has 0 spiro atoms. The predicted molar refractivity (Wildman–Crippen MR) is 89.7 cm³/mol. The van der Waals surface area contributed by atoms with Crippen LogP contribution < -0.4 is 5.73 Å². The van der Waals surface area contributed by atoms with Crippen LogP contribution >= 0.6 is 0 Å². The smallest absolute Gasteiger partial charge is 0.131 e. The molecule has 1 aromatic carbocycles. The van der Waals surface area contributed by atoms with Crippen LogP contribution in [0.2, 0.25) is 0 Å². The molecule has 1 heterocycles. The summed E-state index contributed by atoms with van der Waals surface area (Å²) < 4.78 is 0. The summed E-state index contributed by atoms with van der Waals surface area (Å²) in [6.07, 6.45) is 1.74. The molecule has 0 amide bonds. The van der Waals surface area contributed by atoms with Gasteiger partial charge in [0.25, 0.3) is 0 Å². The Kier molecular flexibility index (Phi) is 12.0. The maximum absolute atomic E-state index is 5.76. The summed E-state index contributed by atoms with van der Waals surface area (Å²) in [5.74, 6) is 0.612. The number of nitrogens with zero attached hydrogens (tertiary/aromatic N) is 1. The van der Waals surface area contributed by atoms with E-state index in [0.717, 1.165) is 10.8 Å². The SMILES string of the molecule is CC.CC.CC.Cc1cc2ccnc(N)c2cc1C. The monoisotopic (exact) mass is 262 g/mol. The second-order valence-electron chi connectivity index (χ2n) is 3.35. The standard InChI is InChI=1S/C11H12N2.3C2H6/c1-7-5-9-3-4-13-11(12)10(9)6-8(7)2;3*1-2/h3-6H,1-2H3,(H2,12,13);3*1-2H3. The van der Waals surface area contributed by atoms with Crippen molar-refractivity contribution >= 4 is 16.6 Å². The number of nitrogens with two attached hydrogens (primary N) is 1. The average molecular weight is 262 g/mol. The van der Waals surface area contributed by atoms with Crippen molar-refractivity contribution in [2.75, 3.05) is 5.73 Å². The van der Waals surface area contributed by atoms with Gasteiger partial charge in [0.1, 0.15) is 5.82 Å². The molecule has 108 valence electrons. The van der Waals surface area contributed by atoms with Crippen LogP contribution in [0.4, 0.5) is 5.82 Å². The lowest BCUT2D eigenvalue weighted by molar-refractivity contribution is 1.33. The quantitative estimate of drug-likeness (QED) is 0.679. The van der Waals surface area contributed by atoms with E-state index in [9.17, 15) is 0 Å². The van der Waals surface area contributed by atoms with Crippen LogP contribution in [0.25, 0.3) is 10.8 Å². The third-order valence-electron chi connectivity index (χ3n) is 2.41. The average Bonchev–Trinajstić information content (AvgIpc) is 2.48. The second-order valence-corrected chi connectivity index (χ2v) is 3.35. The molecule has 0 aliphatic carbocycles. The van der Waals surface area contributed by atoms with Gasteiger partial charge >= 0.3 is 0 Å². The lowest BCUT2D eigenvalue weighted by Gasteiger charge is -2.04. The van der Waals surface area contributed by atoms with Crippen LogP contribution in [-0.2, 0) is 0 Å². The number of hydrogen-bond acceptors (Lipinski definition) is 2. The van der Waals surface area contributed by atoms with Crippen molar-refractivity contribution in [1.29, 1.82) is 0 Å². The molecule has 1 aromatic heterocycles. The third-order valence-corrected chi connectivity index (χ3v) is 2.41. The molecular weight excluding hydrogens is 232 g/mol. The Balaban J connectivity index is 0. The van der Waals surface area contributed by atoms with Gasteiger partial charge in [-0.15, -0.1) is 0 Å². The molecular formula is C17H30N2. The van der Waals surface area contributed by atoms with Crippen molar-refractivity contribution in [1.82, 2.24) is 4.98 Å². The van der Waals surface area contributed by atoms with Gasteiger partial charge in [-0.3, -0.25) is 0 Å². The molecule has 0 fully saturated rings. The topological polar surface area (TPSA) is 38.9 Å². The van der Waals surface area contributed by atoms with E-state index in [1.807, 2.05) is 47.6 Å². The van der Waals surface area contributed by atoms with Gasteiger partial charge in [0.15, 0.2) is 0 Å². The van der Waals surface area contributed by atoms with Gasteiger partial charge in [0.05, 0.1) is 0 Å². The van der Waals surface area contributed by atoms with Gasteiger partial charge in [-0.2, -0.15) is 0 Å². The molecule has 2 rings (SSSR count). The van der Waals surface area contributed by atoms with Crippen LogP contribution in [0.3, 0.4) is 0 Å². The third kappa shape index (κ3) is 5.73. The lowest BCUT2D eigenvalue weighted by atomic mass is 10.0. The normalized spacial score (nSPS) is 8.21. The summed E-state index contributed by atoms with van der Waals surface area (Å²) in [6, 6.07) is 6.22. The van der Waals surface area contributed by atoms with Crippen molar-refractivity contribution < 1.29 is 0 Å². The number of hydrogen-bond donors (Lipinski definition) is 1. The number of anilines is 1. The highest BCUT2D eigenvalue weighted by Crippen LogP contribution is 2.22. The molecule has 19 heavy (non-hydrogen) atoms. The minimum Gasteiger partial charge on any atom is -0.383 e. The van der Waals surface area contributed by atoms with Crippen LogP contribution in [0.15, 0.2) is 24.4 Å². The molecule has 2 aromatic rings. The Labute approximate surface area is 119 Å². The first-order valence-corrected chi connectivity index (χ1v) is 7.30. The fourth-order valence-electron chi connectivity index (χ4n) is 1.47. The maximum Gasteiger partial charge on any atom is 0.131 e. The number of aromatic nitrogens is 1. The Morgan fingerprint density at radius 1 is 0.842 bits per heavy atom. The molecule has 2 nitrogen and oxygen atoms in total. The summed E-state index contributed by atoms with van der Waals surface area (Å²) in [6.45, 7) is 16.2. The second kappa shape index (κ2) is 11.5. The molecule has 2 heteroatoms. The van der Waals surface area contributed by atoms with Crippen molar-refractivity contribution in [2.45, 2.75) is 55.4 Å². The zero-order valence-corrected chi connectivity index (χ0v) is 13.8. The minimum absolute atomic E-state index is 0.612. The first-order chi connectivity index (χ1) is 9.18. The first kappa shape index (κ1) is 19.8. The van der Waals surface area contributed by atoms with Gasteiger partial charge in [-0.1, -0.05) is 47.6 Å². The van der Waals surface area contributed by atoms with Crippen LogP contribution in [-0.4, -0.2) is 4.98 Å². The van der Waals surface area contributed by atoms with Crippen molar-refractivity contribution in [3.63, 3.8) is 0 Å². The Morgan fingerprint density at radius 2 is 1.32 bits per heavy atom. The summed E-state index contributed by atoms with van der Waals surface area (Å²) in [5, 5.41) is 2.21. The Bertz CT molecular complexity index is 462. The number of pyridine rings is 1. The van der Waals surface area contributed by atoms with Crippen molar-refractivity contribution in [3.05, 3.63) is 35.5 Å². The zero-order chi connectivity index (χ0) is 15.4. The van der Waals surface area contributed by atoms with Gasteiger partial charge < -0.3 is 5.73 Å². The molecule has 0 atom stereocenters. The summed E-state index contributed by atoms with van der Waals surface area (Å²) in [7, 11) is 0. The highest BCUT2D eigenvalue weighted by atomic mass is 14.8. The van der Waals surface area contributed by atoms with Crippen LogP contribution in [0, 0.1) is 13.8 Å². The fraction of sp³-hybridized carbons (Fsp3) is 0.471. The lowest BCUT2D eigenvalue weighted by Crippen LogP contribution is -1.92. The summed E-state index contributed by atoms with van der Waals surface area (Å²) in [5.41, 5.74) is 8.31. The van der Waals surface area contributed by atoms with E-state index in [1.54, 1.807) is 6.20 Å². The highest BCUT2D eigenvalue weighted by molar-refractivity contribution is 5.91. The molecule has 0 aliphatic rings. The first-order valence-electron chi connectivity index (χ1n) is 7.30. The Morgan fingerprint density at radius 3 is 1.84 bits per heavy atom. The van der Waals surface area contributed by atoms with E-state index in [1.165, 1.54) is 11.1 Å². The number of fused-ring (bicyclic) bond motifs is 1. The van der Waals surface area contributed by atoms with Gasteiger partial charge in [-0.05, 0) is 42.5 Å². The molecule has 0 saturated carbocycles. The minimum atomic E-state index is 0.612. The number of rotatable bonds is 0. The largest absolute Gasteiger partial charge is 0.383 e. The molecule has 0 unspecified atom stereocenters. The van der Waals surface area contributed by atoms with Gasteiger partial charge in [-0.25, -0.2) is 4.98 Å². The van der Waals surface area contributed by atoms with Crippen LogP contribution in [0.1, 0.15) is 52.7 Å². The van der Waals surface area contributed by atoms with E-state index in [-0.39, 0.29) is 0 Å².